The summed E-state index contributed by atoms with van der Waals surface area (Å²) in [5.41, 5.74) is 3.73. The number of benzene rings is 1. The molecule has 1 atom stereocenters. The van der Waals surface area contributed by atoms with Gasteiger partial charge in [0.1, 0.15) is 5.00 Å². The van der Waals surface area contributed by atoms with E-state index < -0.39 is 0 Å². The molecule has 4 nitrogen and oxygen atoms in total. The quantitative estimate of drug-likeness (QED) is 0.561. The van der Waals surface area contributed by atoms with E-state index in [4.69, 9.17) is 4.74 Å². The number of hydrogen-bond acceptors (Lipinski definition) is 4. The second-order valence-electron chi connectivity index (χ2n) is 6.89. The summed E-state index contributed by atoms with van der Waals surface area (Å²) in [5, 5.41) is 3.50. The average molecular weight is 384 g/mol. The smallest absolute Gasteiger partial charge is 0.341 e. The molecule has 1 heterocycles. The van der Waals surface area contributed by atoms with Crippen LogP contribution in [0.2, 0.25) is 0 Å². The van der Waals surface area contributed by atoms with Gasteiger partial charge in [-0.3, -0.25) is 4.79 Å². The van der Waals surface area contributed by atoms with Crippen LogP contribution in [0.5, 0.6) is 0 Å². The highest BCUT2D eigenvalue weighted by Gasteiger charge is 2.30. The number of fused-ring (bicyclic) bond motifs is 1. The van der Waals surface area contributed by atoms with E-state index in [0.29, 0.717) is 23.1 Å². The standard InChI is InChI=1S/C22H25NO3S/c1-4-26-22(25)20-19-15(3)6-5-7-17(19)27-21(20)23-18(24)13-12-16-10-8-14(2)9-11-16/h8-13,15H,4-7H2,1-3H3,(H,23,24)/b13-12+. The van der Waals surface area contributed by atoms with E-state index in [1.54, 1.807) is 13.0 Å². The maximum absolute atomic E-state index is 12.6. The minimum Gasteiger partial charge on any atom is -0.462 e. The highest BCUT2D eigenvalue weighted by molar-refractivity contribution is 7.17. The maximum atomic E-state index is 12.6. The highest BCUT2D eigenvalue weighted by Crippen LogP contribution is 2.43. The molecule has 142 valence electrons. The summed E-state index contributed by atoms with van der Waals surface area (Å²) in [4.78, 5) is 26.2. The number of aryl methyl sites for hydroxylation is 2. The van der Waals surface area contributed by atoms with Crippen LogP contribution >= 0.6 is 11.3 Å². The molecular formula is C22H25NO3S. The zero-order valence-corrected chi connectivity index (χ0v) is 16.8. The lowest BCUT2D eigenvalue weighted by atomic mass is 9.86. The molecule has 0 bridgehead atoms. The number of thiophene rings is 1. The summed E-state index contributed by atoms with van der Waals surface area (Å²) in [5.74, 6) is -0.285. The van der Waals surface area contributed by atoms with Gasteiger partial charge >= 0.3 is 5.97 Å². The molecule has 3 rings (SSSR count). The molecule has 5 heteroatoms. The van der Waals surface area contributed by atoms with Crippen molar-refractivity contribution in [2.24, 2.45) is 0 Å². The number of carbonyl (C=O) groups is 2. The predicted molar refractivity (Wildman–Crippen MR) is 110 cm³/mol. The fraction of sp³-hybridized carbons (Fsp3) is 0.364. The van der Waals surface area contributed by atoms with Gasteiger partial charge in [-0.05, 0) is 56.2 Å². The molecule has 1 aliphatic carbocycles. The summed E-state index contributed by atoms with van der Waals surface area (Å²) >= 11 is 1.51. The minimum atomic E-state index is -0.346. The van der Waals surface area contributed by atoms with Crippen molar-refractivity contribution < 1.29 is 14.3 Å². The van der Waals surface area contributed by atoms with Crippen LogP contribution in [0.3, 0.4) is 0 Å². The summed E-state index contributed by atoms with van der Waals surface area (Å²) in [6.07, 6.45) is 6.39. The minimum absolute atomic E-state index is 0.243. The molecule has 1 aromatic carbocycles. The van der Waals surface area contributed by atoms with Gasteiger partial charge in [0.25, 0.3) is 0 Å². The molecule has 0 spiro atoms. The van der Waals surface area contributed by atoms with Crippen LogP contribution in [0.4, 0.5) is 5.00 Å². The van der Waals surface area contributed by atoms with Gasteiger partial charge in [0.2, 0.25) is 5.91 Å². The van der Waals surface area contributed by atoms with Crippen LogP contribution < -0.4 is 5.32 Å². The molecule has 1 aliphatic rings. The number of rotatable bonds is 5. The first-order valence-corrected chi connectivity index (χ1v) is 10.2. The Morgan fingerprint density at radius 1 is 1.30 bits per heavy atom. The van der Waals surface area contributed by atoms with E-state index >= 15 is 0 Å². The van der Waals surface area contributed by atoms with Gasteiger partial charge in [0.05, 0.1) is 12.2 Å². The number of esters is 1. The first-order valence-electron chi connectivity index (χ1n) is 9.38. The second-order valence-corrected chi connectivity index (χ2v) is 8.00. The third-order valence-electron chi connectivity index (χ3n) is 4.78. The van der Waals surface area contributed by atoms with E-state index in [0.717, 1.165) is 30.4 Å². The first kappa shape index (κ1) is 19.4. The Morgan fingerprint density at radius 2 is 2.04 bits per heavy atom. The van der Waals surface area contributed by atoms with Crippen molar-refractivity contribution in [3.05, 3.63) is 57.5 Å². The summed E-state index contributed by atoms with van der Waals surface area (Å²) in [6, 6.07) is 7.94. The molecule has 2 aromatic rings. The largest absolute Gasteiger partial charge is 0.462 e. The number of nitrogens with one attached hydrogen (secondary N) is 1. The zero-order valence-electron chi connectivity index (χ0n) is 16.0. The first-order chi connectivity index (χ1) is 13.0. The normalized spacial score (nSPS) is 16.2. The molecule has 0 saturated heterocycles. The van der Waals surface area contributed by atoms with Crippen LogP contribution in [0.25, 0.3) is 6.08 Å². The number of hydrogen-bond donors (Lipinski definition) is 1. The van der Waals surface area contributed by atoms with Gasteiger partial charge < -0.3 is 10.1 Å². The number of carbonyl (C=O) groups excluding carboxylic acids is 2. The molecule has 0 radical (unpaired) electrons. The van der Waals surface area contributed by atoms with Crippen molar-refractivity contribution >= 4 is 34.3 Å². The average Bonchev–Trinajstić information content (AvgIpc) is 3.01. The number of ether oxygens (including phenoxy) is 1. The van der Waals surface area contributed by atoms with Crippen molar-refractivity contribution in [2.75, 3.05) is 11.9 Å². The Kier molecular flexibility index (Phi) is 6.11. The van der Waals surface area contributed by atoms with Gasteiger partial charge in [-0.25, -0.2) is 4.79 Å². The summed E-state index contributed by atoms with van der Waals surface area (Å²) < 4.78 is 5.26. The molecule has 1 aromatic heterocycles. The maximum Gasteiger partial charge on any atom is 0.341 e. The molecule has 0 aliphatic heterocycles. The van der Waals surface area contributed by atoms with E-state index in [9.17, 15) is 9.59 Å². The fourth-order valence-corrected chi connectivity index (χ4v) is 4.76. The van der Waals surface area contributed by atoms with Crippen molar-refractivity contribution in [1.29, 1.82) is 0 Å². The van der Waals surface area contributed by atoms with Crippen molar-refractivity contribution in [3.63, 3.8) is 0 Å². The molecule has 1 unspecified atom stereocenters. The van der Waals surface area contributed by atoms with Gasteiger partial charge in [0, 0.05) is 11.0 Å². The Labute approximate surface area is 164 Å². The van der Waals surface area contributed by atoms with Crippen LogP contribution in [-0.4, -0.2) is 18.5 Å². The molecule has 0 fully saturated rings. The topological polar surface area (TPSA) is 55.4 Å². The fourth-order valence-electron chi connectivity index (χ4n) is 3.41. The van der Waals surface area contributed by atoms with Crippen LogP contribution in [-0.2, 0) is 16.0 Å². The van der Waals surface area contributed by atoms with Crippen LogP contribution in [0.1, 0.15) is 64.5 Å². The van der Waals surface area contributed by atoms with E-state index in [-0.39, 0.29) is 11.9 Å². The monoisotopic (exact) mass is 383 g/mol. The molecule has 1 amide bonds. The zero-order chi connectivity index (χ0) is 19.4. The predicted octanol–water partition coefficient (Wildman–Crippen LogP) is 5.32. The lowest BCUT2D eigenvalue weighted by Gasteiger charge is -2.19. The molecule has 27 heavy (non-hydrogen) atoms. The van der Waals surface area contributed by atoms with Crippen LogP contribution in [0, 0.1) is 6.92 Å². The third kappa shape index (κ3) is 4.48. The third-order valence-corrected chi connectivity index (χ3v) is 5.96. The van der Waals surface area contributed by atoms with Gasteiger partial charge in [0.15, 0.2) is 0 Å². The number of anilines is 1. The number of amides is 1. The Balaban J connectivity index is 1.84. The van der Waals surface area contributed by atoms with Crippen molar-refractivity contribution in [1.82, 2.24) is 0 Å². The van der Waals surface area contributed by atoms with Crippen molar-refractivity contribution in [2.45, 2.75) is 46.0 Å². The Hall–Kier alpha value is -2.40. The molecular weight excluding hydrogens is 358 g/mol. The van der Waals surface area contributed by atoms with Gasteiger partial charge in [-0.15, -0.1) is 11.3 Å². The lowest BCUT2D eigenvalue weighted by molar-refractivity contribution is -0.111. The van der Waals surface area contributed by atoms with Gasteiger partial charge in [-0.1, -0.05) is 36.8 Å². The van der Waals surface area contributed by atoms with E-state index in [2.05, 4.69) is 12.2 Å². The Bertz CT molecular complexity index is 864. The SMILES string of the molecule is CCOC(=O)c1c(NC(=O)/C=C/c2ccc(C)cc2)sc2c1C(C)CCC2. The van der Waals surface area contributed by atoms with E-state index in [1.807, 2.05) is 31.2 Å². The van der Waals surface area contributed by atoms with Crippen molar-refractivity contribution in [3.8, 4) is 0 Å². The summed E-state index contributed by atoms with van der Waals surface area (Å²) in [6.45, 7) is 6.27. The van der Waals surface area contributed by atoms with E-state index in [1.165, 1.54) is 27.9 Å². The lowest BCUT2D eigenvalue weighted by Crippen LogP contribution is -2.15. The second kappa shape index (κ2) is 8.53. The molecule has 0 saturated carbocycles. The van der Waals surface area contributed by atoms with Crippen LogP contribution in [0.15, 0.2) is 30.3 Å². The summed E-state index contributed by atoms with van der Waals surface area (Å²) in [7, 11) is 0. The molecule has 1 N–H and O–H groups in total. The highest BCUT2D eigenvalue weighted by atomic mass is 32.1. The van der Waals surface area contributed by atoms with Gasteiger partial charge in [-0.2, -0.15) is 0 Å². The Morgan fingerprint density at radius 3 is 2.74 bits per heavy atom.